The molecule has 1 fully saturated rings. The van der Waals surface area contributed by atoms with E-state index in [1.807, 2.05) is 72.5 Å². The van der Waals surface area contributed by atoms with Crippen molar-refractivity contribution in [2.24, 2.45) is 0 Å². The number of methoxy groups -OCH3 is 1. The van der Waals surface area contributed by atoms with Crippen LogP contribution in [0.25, 0.3) is 0 Å². The molecule has 0 aliphatic carbocycles. The van der Waals surface area contributed by atoms with Gasteiger partial charge < -0.3 is 14.4 Å². The predicted octanol–water partition coefficient (Wildman–Crippen LogP) is 4.50. The zero-order valence-corrected chi connectivity index (χ0v) is 21.2. The highest BCUT2D eigenvalue weighted by atomic mass is 32.2. The molecule has 1 aliphatic rings. The molecule has 2 atom stereocenters. The second-order valence-electron chi connectivity index (χ2n) is 8.41. The number of carbonyl (C=O) groups excluding carboxylic acids is 3. The number of thioether (sulfide) groups is 1. The van der Waals surface area contributed by atoms with Crippen LogP contribution in [0.3, 0.4) is 0 Å². The smallest absolute Gasteiger partial charge is 0.323 e. The van der Waals surface area contributed by atoms with Crippen LogP contribution < -0.4 is 0 Å². The Bertz CT molecular complexity index is 957. The zero-order chi connectivity index (χ0) is 25.0. The third-order valence-electron chi connectivity index (χ3n) is 5.87. The summed E-state index contributed by atoms with van der Waals surface area (Å²) in [4.78, 5) is 40.9. The molecule has 0 spiro atoms. The van der Waals surface area contributed by atoms with Gasteiger partial charge in [0.25, 0.3) is 0 Å². The van der Waals surface area contributed by atoms with Gasteiger partial charge in [0.1, 0.15) is 5.78 Å². The van der Waals surface area contributed by atoms with Gasteiger partial charge in [-0.1, -0.05) is 60.7 Å². The van der Waals surface area contributed by atoms with E-state index in [0.29, 0.717) is 44.0 Å². The fourth-order valence-corrected chi connectivity index (χ4v) is 5.20. The van der Waals surface area contributed by atoms with Crippen molar-refractivity contribution in [2.45, 2.75) is 51.5 Å². The van der Waals surface area contributed by atoms with Gasteiger partial charge in [0, 0.05) is 31.7 Å². The Kier molecular flexibility index (Phi) is 10.6. The summed E-state index contributed by atoms with van der Waals surface area (Å²) < 4.78 is 10.7. The van der Waals surface area contributed by atoms with E-state index in [9.17, 15) is 14.4 Å². The second kappa shape index (κ2) is 13.9. The summed E-state index contributed by atoms with van der Waals surface area (Å²) in [6.45, 7) is 3.35. The lowest BCUT2D eigenvalue weighted by molar-refractivity contribution is -0.140. The SMILES string of the molecule is CCOC1[C@H](CSCC(=O)CCCC(=O)OC)N(Cc2ccccc2)C(=O)N1Cc1ccccc1. The monoisotopic (exact) mass is 498 g/mol. The average Bonchev–Trinajstić information content (AvgIpc) is 3.10. The van der Waals surface area contributed by atoms with Crippen molar-refractivity contribution in [3.63, 3.8) is 0 Å². The van der Waals surface area contributed by atoms with Gasteiger partial charge in [0.2, 0.25) is 0 Å². The van der Waals surface area contributed by atoms with Crippen molar-refractivity contribution < 1.29 is 23.9 Å². The van der Waals surface area contributed by atoms with Crippen molar-refractivity contribution >= 4 is 29.5 Å². The van der Waals surface area contributed by atoms with Crippen molar-refractivity contribution in [3.05, 3.63) is 71.8 Å². The van der Waals surface area contributed by atoms with Gasteiger partial charge in [0.05, 0.1) is 25.4 Å². The number of carbonyl (C=O) groups is 3. The van der Waals surface area contributed by atoms with Crippen molar-refractivity contribution in [1.29, 1.82) is 0 Å². The highest BCUT2D eigenvalue weighted by molar-refractivity contribution is 8.00. The number of rotatable bonds is 14. The maximum absolute atomic E-state index is 13.6. The van der Waals surface area contributed by atoms with Crippen LogP contribution in [-0.4, -0.2) is 65.1 Å². The lowest BCUT2D eigenvalue weighted by atomic mass is 10.2. The summed E-state index contributed by atoms with van der Waals surface area (Å²) in [5, 5.41) is 0. The summed E-state index contributed by atoms with van der Waals surface area (Å²) in [6.07, 6.45) is 0.670. The maximum atomic E-state index is 13.6. The van der Waals surface area contributed by atoms with Gasteiger partial charge in [-0.2, -0.15) is 11.8 Å². The third-order valence-corrected chi connectivity index (χ3v) is 6.98. The Morgan fingerprint density at radius 1 is 0.914 bits per heavy atom. The normalized spacial score (nSPS) is 17.6. The molecule has 188 valence electrons. The topological polar surface area (TPSA) is 76.2 Å². The van der Waals surface area contributed by atoms with Crippen LogP contribution in [0.4, 0.5) is 4.79 Å². The average molecular weight is 499 g/mol. The number of hydrogen-bond donors (Lipinski definition) is 0. The Morgan fingerprint density at radius 3 is 2.09 bits per heavy atom. The highest BCUT2D eigenvalue weighted by Gasteiger charge is 2.46. The van der Waals surface area contributed by atoms with Crippen molar-refractivity contribution in [1.82, 2.24) is 9.80 Å². The number of esters is 1. The lowest BCUT2D eigenvalue weighted by Crippen LogP contribution is -2.41. The van der Waals surface area contributed by atoms with E-state index in [-0.39, 0.29) is 30.2 Å². The minimum Gasteiger partial charge on any atom is -0.469 e. The number of nitrogens with zero attached hydrogens (tertiary/aromatic N) is 2. The summed E-state index contributed by atoms with van der Waals surface area (Å²) in [7, 11) is 1.35. The number of ketones is 1. The first-order chi connectivity index (χ1) is 17.0. The van der Waals surface area contributed by atoms with E-state index < -0.39 is 6.23 Å². The van der Waals surface area contributed by atoms with E-state index in [0.717, 1.165) is 11.1 Å². The number of amides is 2. The molecule has 2 aromatic carbocycles. The molecule has 0 N–H and O–H groups in total. The molecule has 8 heteroatoms. The minimum absolute atomic E-state index is 0.0637. The van der Waals surface area contributed by atoms with E-state index in [2.05, 4.69) is 4.74 Å². The fraction of sp³-hybridized carbons (Fsp3) is 0.444. The van der Waals surface area contributed by atoms with Crippen LogP contribution in [0.15, 0.2) is 60.7 Å². The first-order valence-electron chi connectivity index (χ1n) is 12.0. The van der Waals surface area contributed by atoms with E-state index >= 15 is 0 Å². The molecule has 1 saturated heterocycles. The predicted molar refractivity (Wildman–Crippen MR) is 137 cm³/mol. The number of Topliss-reactive ketones (excluding diaryl/α,β-unsaturated/α-hetero) is 1. The second-order valence-corrected chi connectivity index (χ2v) is 9.44. The van der Waals surface area contributed by atoms with E-state index in [1.54, 1.807) is 4.90 Å². The highest BCUT2D eigenvalue weighted by Crippen LogP contribution is 2.30. The van der Waals surface area contributed by atoms with E-state index in [4.69, 9.17) is 4.74 Å². The Hall–Kier alpha value is -2.84. The van der Waals surface area contributed by atoms with Crippen molar-refractivity contribution in [3.8, 4) is 0 Å². The van der Waals surface area contributed by atoms with Crippen LogP contribution in [-0.2, 0) is 32.2 Å². The molecule has 35 heavy (non-hydrogen) atoms. The number of benzene rings is 2. The molecule has 2 amide bonds. The van der Waals surface area contributed by atoms with Crippen LogP contribution in [0.1, 0.15) is 37.3 Å². The third kappa shape index (κ3) is 7.83. The van der Waals surface area contributed by atoms with Gasteiger partial charge in [-0.15, -0.1) is 0 Å². The van der Waals surface area contributed by atoms with Crippen LogP contribution >= 0.6 is 11.8 Å². The largest absolute Gasteiger partial charge is 0.469 e. The van der Waals surface area contributed by atoms with Crippen LogP contribution in [0, 0.1) is 0 Å². The van der Waals surface area contributed by atoms with Crippen LogP contribution in [0.5, 0.6) is 0 Å². The quantitative estimate of drug-likeness (QED) is 0.357. The molecule has 1 unspecified atom stereocenters. The van der Waals surface area contributed by atoms with Gasteiger partial charge >= 0.3 is 12.0 Å². The van der Waals surface area contributed by atoms with Gasteiger partial charge in [0.15, 0.2) is 6.23 Å². The molecule has 3 rings (SSSR count). The maximum Gasteiger partial charge on any atom is 0.323 e. The molecule has 7 nitrogen and oxygen atoms in total. The molecule has 1 heterocycles. The Balaban J connectivity index is 1.70. The van der Waals surface area contributed by atoms with Crippen molar-refractivity contribution in [2.75, 3.05) is 25.2 Å². The molecule has 0 radical (unpaired) electrons. The number of hydrogen-bond acceptors (Lipinski definition) is 6. The summed E-state index contributed by atoms with van der Waals surface area (Å²) in [6, 6.07) is 19.6. The van der Waals surface area contributed by atoms with Gasteiger partial charge in [-0.05, 0) is 24.5 Å². The molecular weight excluding hydrogens is 464 g/mol. The van der Waals surface area contributed by atoms with Gasteiger partial charge in [-0.25, -0.2) is 4.79 Å². The number of ether oxygens (including phenoxy) is 2. The Morgan fingerprint density at radius 2 is 1.51 bits per heavy atom. The minimum atomic E-state index is -0.404. The molecule has 0 saturated carbocycles. The Labute approximate surface area is 211 Å². The standard InChI is InChI=1S/C27H34N2O5S/c1-3-34-26-24(20-35-19-23(30)15-10-16-25(31)33-2)28(17-21-11-6-4-7-12-21)27(32)29(26)18-22-13-8-5-9-14-22/h4-9,11-14,24,26H,3,10,15-20H2,1-2H3/t24-,26?/m0/s1. The first kappa shape index (κ1) is 26.8. The summed E-state index contributed by atoms with van der Waals surface area (Å²) >= 11 is 1.51. The van der Waals surface area contributed by atoms with Crippen LogP contribution in [0.2, 0.25) is 0 Å². The number of urea groups is 1. The molecule has 1 aliphatic heterocycles. The summed E-state index contributed by atoms with van der Waals surface area (Å²) in [5.74, 6) is 0.705. The molecular formula is C27H34N2O5S. The summed E-state index contributed by atoms with van der Waals surface area (Å²) in [5.41, 5.74) is 2.09. The van der Waals surface area contributed by atoms with Gasteiger partial charge in [-0.3, -0.25) is 14.5 Å². The van der Waals surface area contributed by atoms with E-state index in [1.165, 1.54) is 18.9 Å². The zero-order valence-electron chi connectivity index (χ0n) is 20.4. The molecule has 2 aromatic rings. The first-order valence-corrected chi connectivity index (χ1v) is 13.1. The molecule has 0 aromatic heterocycles. The molecule has 0 bridgehead atoms. The fourth-order valence-electron chi connectivity index (χ4n) is 4.12. The lowest BCUT2D eigenvalue weighted by Gasteiger charge is -2.27.